The van der Waals surface area contributed by atoms with Crippen LogP contribution in [0.2, 0.25) is 0 Å². The molecule has 6 nitrogen and oxygen atoms in total. The van der Waals surface area contributed by atoms with Gasteiger partial charge in [-0.05, 0) is 54.3 Å². The monoisotopic (exact) mass is 387 g/mol. The van der Waals surface area contributed by atoms with Gasteiger partial charge in [0.05, 0.1) is 12.0 Å². The first-order valence-electron chi connectivity index (χ1n) is 8.49. The van der Waals surface area contributed by atoms with E-state index < -0.39 is 0 Å². The molecule has 0 aromatic heterocycles. The minimum atomic E-state index is -0.249. The van der Waals surface area contributed by atoms with E-state index in [1.54, 1.807) is 19.1 Å². The number of aliphatic imine (C=N–C) groups is 1. The molecular formula is C19H22FN5OS. The molecule has 0 spiro atoms. The van der Waals surface area contributed by atoms with Crippen molar-refractivity contribution in [3.05, 3.63) is 76.9 Å². The molecule has 2 aromatic carbocycles. The number of halogens is 1. The molecule has 0 saturated heterocycles. The Morgan fingerprint density at radius 1 is 1.26 bits per heavy atom. The SMILES string of the molecule is Cc1cc(C2C=C(NCCc3ccc(SON)cc3)NC(N)=N2)ccc1F. The Labute approximate surface area is 162 Å². The van der Waals surface area contributed by atoms with Gasteiger partial charge in [-0.2, -0.15) is 0 Å². The highest BCUT2D eigenvalue weighted by molar-refractivity contribution is 7.94. The van der Waals surface area contributed by atoms with Crippen LogP contribution in [-0.2, 0) is 10.7 Å². The zero-order valence-corrected chi connectivity index (χ0v) is 15.7. The largest absolute Gasteiger partial charge is 0.371 e. The van der Waals surface area contributed by atoms with Gasteiger partial charge in [0.2, 0.25) is 0 Å². The average Bonchev–Trinajstić information content (AvgIpc) is 2.65. The van der Waals surface area contributed by atoms with Crippen molar-refractivity contribution in [1.29, 1.82) is 0 Å². The van der Waals surface area contributed by atoms with Gasteiger partial charge in [-0.1, -0.05) is 24.3 Å². The maximum Gasteiger partial charge on any atom is 0.195 e. The van der Waals surface area contributed by atoms with Gasteiger partial charge < -0.3 is 16.4 Å². The van der Waals surface area contributed by atoms with Gasteiger partial charge in [-0.15, -0.1) is 0 Å². The average molecular weight is 387 g/mol. The minimum absolute atomic E-state index is 0.227. The molecule has 142 valence electrons. The Balaban J connectivity index is 1.60. The molecule has 0 bridgehead atoms. The number of hydrogen-bond acceptors (Lipinski definition) is 7. The van der Waals surface area contributed by atoms with Gasteiger partial charge in [0.1, 0.15) is 17.7 Å². The summed E-state index contributed by atoms with van der Waals surface area (Å²) in [4.78, 5) is 5.34. The third kappa shape index (κ3) is 5.22. The van der Waals surface area contributed by atoms with Crippen LogP contribution in [0.5, 0.6) is 0 Å². The van der Waals surface area contributed by atoms with Crippen molar-refractivity contribution in [3.8, 4) is 0 Å². The molecule has 27 heavy (non-hydrogen) atoms. The number of hydrogen-bond donors (Lipinski definition) is 4. The van der Waals surface area contributed by atoms with E-state index in [9.17, 15) is 4.39 Å². The molecule has 8 heteroatoms. The third-order valence-corrected chi connectivity index (χ3v) is 4.75. The molecule has 1 aliphatic heterocycles. The van der Waals surface area contributed by atoms with Crippen molar-refractivity contribution in [1.82, 2.24) is 10.6 Å². The lowest BCUT2D eigenvalue weighted by molar-refractivity contribution is 0.398. The van der Waals surface area contributed by atoms with Crippen molar-refractivity contribution in [2.45, 2.75) is 24.3 Å². The molecular weight excluding hydrogens is 365 g/mol. The van der Waals surface area contributed by atoms with Gasteiger partial charge in [-0.25, -0.2) is 19.6 Å². The second kappa shape index (κ2) is 8.90. The van der Waals surface area contributed by atoms with Crippen molar-refractivity contribution in [3.63, 3.8) is 0 Å². The van der Waals surface area contributed by atoms with Crippen molar-refractivity contribution >= 4 is 18.0 Å². The van der Waals surface area contributed by atoms with E-state index in [2.05, 4.69) is 19.9 Å². The van der Waals surface area contributed by atoms with Crippen LogP contribution in [0.15, 0.2) is 64.2 Å². The van der Waals surface area contributed by atoms with Crippen LogP contribution in [-0.4, -0.2) is 12.5 Å². The van der Waals surface area contributed by atoms with E-state index in [1.807, 2.05) is 30.3 Å². The number of rotatable bonds is 7. The maximum absolute atomic E-state index is 13.5. The quantitative estimate of drug-likeness (QED) is 0.431. The highest BCUT2D eigenvalue weighted by atomic mass is 32.2. The molecule has 0 aliphatic carbocycles. The molecule has 0 radical (unpaired) electrons. The van der Waals surface area contributed by atoms with Crippen LogP contribution in [0.3, 0.4) is 0 Å². The predicted molar refractivity (Wildman–Crippen MR) is 106 cm³/mol. The standard InChI is InChI=1S/C19H22FN5OS/c1-12-10-14(4-7-16(12)20)17-11-18(25-19(21)24-17)23-9-8-13-2-5-15(6-3-13)27-26-22/h2-7,10-11,17,23H,8-9,22H2,1H3,(H3,21,24,25). The summed E-state index contributed by atoms with van der Waals surface area (Å²) in [6.45, 7) is 2.46. The molecule has 6 N–H and O–H groups in total. The lowest BCUT2D eigenvalue weighted by Gasteiger charge is -2.21. The van der Waals surface area contributed by atoms with Gasteiger partial charge >= 0.3 is 0 Å². The predicted octanol–water partition coefficient (Wildman–Crippen LogP) is 2.66. The van der Waals surface area contributed by atoms with Crippen LogP contribution < -0.4 is 22.3 Å². The van der Waals surface area contributed by atoms with E-state index in [0.29, 0.717) is 11.5 Å². The summed E-state index contributed by atoms with van der Waals surface area (Å²) in [6, 6.07) is 12.7. The molecule has 0 fully saturated rings. The fraction of sp³-hybridized carbons (Fsp3) is 0.211. The van der Waals surface area contributed by atoms with Crippen LogP contribution in [0.4, 0.5) is 4.39 Å². The summed E-state index contributed by atoms with van der Waals surface area (Å²) in [7, 11) is 0. The highest BCUT2D eigenvalue weighted by Crippen LogP contribution is 2.24. The number of benzene rings is 2. The number of nitrogens with two attached hydrogens (primary N) is 2. The van der Waals surface area contributed by atoms with Crippen LogP contribution in [0, 0.1) is 12.7 Å². The summed E-state index contributed by atoms with van der Waals surface area (Å²) in [5.74, 6) is 5.93. The number of nitrogens with one attached hydrogen (secondary N) is 2. The normalized spacial score (nSPS) is 16.3. The molecule has 0 amide bonds. The first-order valence-corrected chi connectivity index (χ1v) is 9.23. The summed E-state index contributed by atoms with van der Waals surface area (Å²) in [5, 5.41) is 6.36. The van der Waals surface area contributed by atoms with E-state index in [1.165, 1.54) is 11.6 Å². The van der Waals surface area contributed by atoms with Crippen LogP contribution in [0.25, 0.3) is 0 Å². The van der Waals surface area contributed by atoms with E-state index in [4.69, 9.17) is 11.6 Å². The first kappa shape index (κ1) is 19.2. The molecule has 1 atom stereocenters. The Morgan fingerprint density at radius 2 is 2.04 bits per heavy atom. The van der Waals surface area contributed by atoms with Gasteiger partial charge in [0.25, 0.3) is 0 Å². The first-order chi connectivity index (χ1) is 13.0. The Morgan fingerprint density at radius 3 is 2.74 bits per heavy atom. The lowest BCUT2D eigenvalue weighted by atomic mass is 10.0. The summed E-state index contributed by atoms with van der Waals surface area (Å²) in [6.07, 6.45) is 2.78. The van der Waals surface area contributed by atoms with Crippen molar-refractivity contribution < 1.29 is 8.67 Å². The second-order valence-electron chi connectivity index (χ2n) is 6.17. The fourth-order valence-corrected chi connectivity index (χ4v) is 3.15. The second-order valence-corrected chi connectivity index (χ2v) is 7.00. The zero-order chi connectivity index (χ0) is 19.2. The Bertz CT molecular complexity index is 854. The molecule has 1 heterocycles. The van der Waals surface area contributed by atoms with Gasteiger partial charge in [0.15, 0.2) is 5.96 Å². The molecule has 1 aliphatic rings. The van der Waals surface area contributed by atoms with E-state index in [-0.39, 0.29) is 11.9 Å². The van der Waals surface area contributed by atoms with E-state index >= 15 is 0 Å². The fourth-order valence-electron chi connectivity index (χ4n) is 2.79. The summed E-state index contributed by atoms with van der Waals surface area (Å²) in [5.41, 5.74) is 8.58. The molecule has 0 saturated carbocycles. The topological polar surface area (TPSA) is 97.7 Å². The van der Waals surface area contributed by atoms with E-state index in [0.717, 1.165) is 41.3 Å². The van der Waals surface area contributed by atoms with Crippen molar-refractivity contribution in [2.24, 2.45) is 16.6 Å². The summed E-state index contributed by atoms with van der Waals surface area (Å²) < 4.78 is 18.0. The minimum Gasteiger partial charge on any atom is -0.371 e. The lowest BCUT2D eigenvalue weighted by Crippen LogP contribution is -2.40. The van der Waals surface area contributed by atoms with Gasteiger partial charge in [0, 0.05) is 11.4 Å². The van der Waals surface area contributed by atoms with Crippen LogP contribution >= 0.6 is 12.0 Å². The van der Waals surface area contributed by atoms with Gasteiger partial charge in [-0.3, -0.25) is 0 Å². The number of aryl methyl sites for hydroxylation is 1. The van der Waals surface area contributed by atoms with Crippen molar-refractivity contribution in [2.75, 3.05) is 6.54 Å². The number of guanidine groups is 1. The zero-order valence-electron chi connectivity index (χ0n) is 14.9. The molecule has 2 aromatic rings. The Hall–Kier alpha value is -2.55. The highest BCUT2D eigenvalue weighted by Gasteiger charge is 2.16. The molecule has 1 unspecified atom stereocenters. The third-order valence-electron chi connectivity index (χ3n) is 4.19. The number of nitrogens with zero attached hydrogens (tertiary/aromatic N) is 1. The maximum atomic E-state index is 13.5. The summed E-state index contributed by atoms with van der Waals surface area (Å²) >= 11 is 1.12. The smallest absolute Gasteiger partial charge is 0.195 e. The Kier molecular flexibility index (Phi) is 6.33. The molecule has 3 rings (SSSR count). The van der Waals surface area contributed by atoms with Crippen LogP contribution in [0.1, 0.15) is 22.7 Å².